The van der Waals surface area contributed by atoms with Gasteiger partial charge in [0, 0.05) is 18.9 Å². The van der Waals surface area contributed by atoms with Gasteiger partial charge in [-0.2, -0.15) is 5.10 Å². The first kappa shape index (κ1) is 10.4. The Morgan fingerprint density at radius 2 is 2.36 bits per heavy atom. The van der Waals surface area contributed by atoms with E-state index in [0.717, 1.165) is 10.1 Å². The highest BCUT2D eigenvalue weighted by molar-refractivity contribution is 14.1. The summed E-state index contributed by atoms with van der Waals surface area (Å²) >= 11 is 2.28. The molecule has 0 spiro atoms. The number of hydrogen-bond donors (Lipinski definition) is 0. The molecule has 2 unspecified atom stereocenters. The molecule has 0 radical (unpaired) electrons. The summed E-state index contributed by atoms with van der Waals surface area (Å²) in [5.41, 5.74) is 1.26. The van der Waals surface area contributed by atoms with Gasteiger partial charge in [-0.15, -0.1) is 0 Å². The minimum Gasteiger partial charge on any atom is -0.379 e. The van der Waals surface area contributed by atoms with E-state index in [2.05, 4.69) is 45.5 Å². The minimum absolute atomic E-state index is 0.352. The lowest BCUT2D eigenvalue weighted by Gasteiger charge is -2.18. The maximum atomic E-state index is 5.46. The summed E-state index contributed by atoms with van der Waals surface area (Å²) in [4.78, 5) is 0. The first-order chi connectivity index (χ1) is 6.72. The van der Waals surface area contributed by atoms with Gasteiger partial charge < -0.3 is 4.74 Å². The van der Waals surface area contributed by atoms with Crippen LogP contribution in [0.2, 0.25) is 0 Å². The van der Waals surface area contributed by atoms with Crippen molar-refractivity contribution in [1.29, 1.82) is 0 Å². The molecule has 3 nitrogen and oxygen atoms in total. The van der Waals surface area contributed by atoms with Gasteiger partial charge >= 0.3 is 0 Å². The number of hydrogen-bond acceptors (Lipinski definition) is 2. The van der Waals surface area contributed by atoms with E-state index in [0.29, 0.717) is 12.1 Å². The van der Waals surface area contributed by atoms with E-state index < -0.39 is 0 Å². The molecule has 0 amide bonds. The molecule has 1 aliphatic rings. The second-order valence-electron chi connectivity index (χ2n) is 3.86. The van der Waals surface area contributed by atoms with Gasteiger partial charge in [-0.3, -0.25) is 4.68 Å². The fourth-order valence-corrected chi connectivity index (χ4v) is 2.50. The molecule has 0 aromatic carbocycles. The van der Waals surface area contributed by atoms with Crippen LogP contribution < -0.4 is 0 Å². The summed E-state index contributed by atoms with van der Waals surface area (Å²) in [7, 11) is 1.80. The van der Waals surface area contributed by atoms with E-state index >= 15 is 0 Å². The number of halogens is 1. The highest BCUT2D eigenvalue weighted by Crippen LogP contribution is 2.32. The van der Waals surface area contributed by atoms with Crippen molar-refractivity contribution in [2.75, 3.05) is 7.11 Å². The summed E-state index contributed by atoms with van der Waals surface area (Å²) in [6.45, 7) is 2.10. The zero-order chi connectivity index (χ0) is 10.1. The van der Waals surface area contributed by atoms with Crippen LogP contribution in [0.5, 0.6) is 0 Å². The molecule has 0 aliphatic heterocycles. The number of ether oxygens (including phenoxy) is 1. The largest absolute Gasteiger partial charge is 0.379 e. The van der Waals surface area contributed by atoms with E-state index in [-0.39, 0.29) is 0 Å². The molecule has 1 aliphatic carbocycles. The molecule has 14 heavy (non-hydrogen) atoms. The van der Waals surface area contributed by atoms with Gasteiger partial charge in [0.2, 0.25) is 0 Å². The lowest BCUT2D eigenvalue weighted by atomic mass is 10.2. The molecule has 1 aromatic rings. The van der Waals surface area contributed by atoms with Crippen molar-refractivity contribution >= 4 is 22.6 Å². The molecule has 1 fully saturated rings. The second kappa shape index (κ2) is 4.18. The molecule has 0 bridgehead atoms. The number of aromatic nitrogens is 2. The Kier molecular flexibility index (Phi) is 3.11. The quantitative estimate of drug-likeness (QED) is 0.785. The van der Waals surface area contributed by atoms with Crippen LogP contribution in [0, 0.1) is 10.6 Å². The third-order valence-corrected chi connectivity index (χ3v) is 3.98. The lowest BCUT2D eigenvalue weighted by molar-refractivity contribution is 0.0707. The fraction of sp³-hybridized carbons (Fsp3) is 0.700. The highest BCUT2D eigenvalue weighted by Gasteiger charge is 2.29. The number of nitrogens with zero attached hydrogens (tertiary/aromatic N) is 2. The van der Waals surface area contributed by atoms with Crippen LogP contribution in [0.4, 0.5) is 0 Å². The Hall–Kier alpha value is -0.100. The van der Waals surface area contributed by atoms with Crippen LogP contribution in [0.25, 0.3) is 0 Å². The van der Waals surface area contributed by atoms with Gasteiger partial charge in [0.1, 0.15) is 3.70 Å². The second-order valence-corrected chi connectivity index (χ2v) is 4.88. The summed E-state index contributed by atoms with van der Waals surface area (Å²) in [5, 5.41) is 4.51. The maximum absolute atomic E-state index is 5.46. The van der Waals surface area contributed by atoms with Crippen molar-refractivity contribution in [2.45, 2.75) is 38.3 Å². The Morgan fingerprint density at radius 1 is 1.57 bits per heavy atom. The van der Waals surface area contributed by atoms with Gasteiger partial charge in [0.05, 0.1) is 12.1 Å². The smallest absolute Gasteiger partial charge is 0.126 e. The molecule has 2 rings (SSSR count). The average Bonchev–Trinajstić information content (AvgIpc) is 2.73. The Bertz CT molecular complexity index is 304. The highest BCUT2D eigenvalue weighted by atomic mass is 127. The van der Waals surface area contributed by atoms with E-state index in [1.165, 1.54) is 18.4 Å². The van der Waals surface area contributed by atoms with Crippen molar-refractivity contribution in [2.24, 2.45) is 0 Å². The molecule has 78 valence electrons. The predicted molar refractivity (Wildman–Crippen MR) is 63.4 cm³/mol. The SMILES string of the molecule is COC1CCCC1n1cc(C)c(I)n1. The molecule has 1 aromatic heterocycles. The summed E-state index contributed by atoms with van der Waals surface area (Å²) < 4.78 is 8.65. The van der Waals surface area contributed by atoms with Crippen LogP contribution in [-0.2, 0) is 4.74 Å². The summed E-state index contributed by atoms with van der Waals surface area (Å²) in [5.74, 6) is 0. The van der Waals surface area contributed by atoms with Crippen LogP contribution >= 0.6 is 22.6 Å². The van der Waals surface area contributed by atoms with Gasteiger partial charge in [0.25, 0.3) is 0 Å². The monoisotopic (exact) mass is 306 g/mol. The summed E-state index contributed by atoms with van der Waals surface area (Å²) in [6, 6.07) is 0.446. The van der Waals surface area contributed by atoms with Crippen LogP contribution in [-0.4, -0.2) is 23.0 Å². The maximum Gasteiger partial charge on any atom is 0.126 e. The molecular formula is C10H15IN2O. The first-order valence-corrected chi connectivity index (χ1v) is 6.04. The van der Waals surface area contributed by atoms with E-state index in [1.54, 1.807) is 7.11 Å². The minimum atomic E-state index is 0.352. The third kappa shape index (κ3) is 1.82. The van der Waals surface area contributed by atoms with E-state index in [4.69, 9.17) is 4.74 Å². The predicted octanol–water partition coefficient (Wildman–Crippen LogP) is 2.54. The Labute approximate surface area is 98.0 Å². The average molecular weight is 306 g/mol. The normalized spacial score (nSPS) is 27.1. The number of rotatable bonds is 2. The molecule has 0 saturated heterocycles. The van der Waals surface area contributed by atoms with Gasteiger partial charge in [-0.05, 0) is 48.8 Å². The Morgan fingerprint density at radius 3 is 2.93 bits per heavy atom. The van der Waals surface area contributed by atoms with Crippen LogP contribution in [0.15, 0.2) is 6.20 Å². The van der Waals surface area contributed by atoms with Gasteiger partial charge in [0.15, 0.2) is 0 Å². The third-order valence-electron chi connectivity index (χ3n) is 2.91. The molecule has 4 heteroatoms. The van der Waals surface area contributed by atoms with Gasteiger partial charge in [-0.1, -0.05) is 0 Å². The number of methoxy groups -OCH3 is 1. The van der Waals surface area contributed by atoms with Crippen molar-refractivity contribution < 1.29 is 4.74 Å². The van der Waals surface area contributed by atoms with Crippen LogP contribution in [0.3, 0.4) is 0 Å². The zero-order valence-electron chi connectivity index (χ0n) is 8.53. The zero-order valence-corrected chi connectivity index (χ0v) is 10.7. The topological polar surface area (TPSA) is 27.1 Å². The standard InChI is InChI=1S/C10H15IN2O/c1-7-6-13(12-10(7)11)8-4-3-5-9(8)14-2/h6,8-9H,3-5H2,1-2H3. The molecule has 1 saturated carbocycles. The van der Waals surface area contributed by atoms with Gasteiger partial charge in [-0.25, -0.2) is 0 Å². The molecule has 0 N–H and O–H groups in total. The fourth-order valence-electron chi connectivity index (χ4n) is 2.11. The Balaban J connectivity index is 2.21. The molecule has 2 atom stereocenters. The van der Waals surface area contributed by atoms with Crippen molar-refractivity contribution in [3.63, 3.8) is 0 Å². The molecular weight excluding hydrogens is 291 g/mol. The van der Waals surface area contributed by atoms with Crippen molar-refractivity contribution in [3.8, 4) is 0 Å². The lowest BCUT2D eigenvalue weighted by Crippen LogP contribution is -2.21. The molecule has 1 heterocycles. The van der Waals surface area contributed by atoms with E-state index in [9.17, 15) is 0 Å². The number of aryl methyl sites for hydroxylation is 1. The van der Waals surface area contributed by atoms with E-state index in [1.807, 2.05) is 0 Å². The van der Waals surface area contributed by atoms with Crippen molar-refractivity contribution in [3.05, 3.63) is 15.5 Å². The van der Waals surface area contributed by atoms with Crippen molar-refractivity contribution in [1.82, 2.24) is 9.78 Å². The first-order valence-electron chi connectivity index (χ1n) is 4.96. The summed E-state index contributed by atoms with van der Waals surface area (Å²) in [6.07, 6.45) is 6.08. The van der Waals surface area contributed by atoms with Crippen LogP contribution in [0.1, 0.15) is 30.9 Å².